The molecule has 1 aromatic carbocycles. The largest absolute Gasteiger partial charge is 0.367 e. The molecule has 148 valence electrons. The van der Waals surface area contributed by atoms with Crippen molar-refractivity contribution in [3.63, 3.8) is 0 Å². The lowest BCUT2D eigenvalue weighted by Crippen LogP contribution is -2.23. The minimum absolute atomic E-state index is 0.0481. The average Bonchev–Trinajstić information content (AvgIpc) is 3.31. The molecule has 8 heteroatoms. The van der Waals surface area contributed by atoms with Gasteiger partial charge in [0.2, 0.25) is 5.89 Å². The van der Waals surface area contributed by atoms with Crippen LogP contribution in [0.4, 0.5) is 5.69 Å². The lowest BCUT2D eigenvalue weighted by Gasteiger charge is -2.18. The molecule has 4 atom stereocenters. The Bertz CT molecular complexity index is 1370. The molecule has 2 bridgehead atoms. The van der Waals surface area contributed by atoms with Crippen LogP contribution in [0.5, 0.6) is 0 Å². The van der Waals surface area contributed by atoms with Crippen LogP contribution in [0.25, 0.3) is 10.9 Å². The zero-order valence-electron chi connectivity index (χ0n) is 16.3. The van der Waals surface area contributed by atoms with Crippen molar-refractivity contribution in [2.45, 2.75) is 24.9 Å². The van der Waals surface area contributed by atoms with Gasteiger partial charge in [-0.25, -0.2) is 4.98 Å². The van der Waals surface area contributed by atoms with Gasteiger partial charge in [-0.3, -0.25) is 14.3 Å². The molecule has 2 saturated heterocycles. The molecule has 8 nitrogen and oxygen atoms in total. The van der Waals surface area contributed by atoms with Crippen LogP contribution >= 0.6 is 0 Å². The van der Waals surface area contributed by atoms with Crippen LogP contribution in [0.3, 0.4) is 0 Å². The van der Waals surface area contributed by atoms with Crippen molar-refractivity contribution in [2.24, 2.45) is 11.8 Å². The van der Waals surface area contributed by atoms with Crippen LogP contribution in [0.1, 0.15) is 17.3 Å². The summed E-state index contributed by atoms with van der Waals surface area (Å²) in [6.07, 6.45) is 4.80. The van der Waals surface area contributed by atoms with Crippen molar-refractivity contribution in [3.8, 4) is 0 Å². The van der Waals surface area contributed by atoms with Gasteiger partial charge in [-0.15, -0.1) is 0 Å². The Labute approximate surface area is 171 Å². The minimum atomic E-state index is -0.121. The number of aromatic nitrogens is 5. The molecule has 8 rings (SSSR count). The van der Waals surface area contributed by atoms with Crippen LogP contribution in [0.15, 0.2) is 58.4 Å². The van der Waals surface area contributed by atoms with Crippen molar-refractivity contribution in [1.29, 1.82) is 0 Å². The number of aryl methyl sites for hydroxylation is 1. The maximum Gasteiger partial charge on any atom is 0.262 e. The summed E-state index contributed by atoms with van der Waals surface area (Å²) in [5.41, 5.74) is 2.59. The molecule has 0 N–H and O–H groups in total. The Balaban J connectivity index is 1.17. The maximum atomic E-state index is 12.9. The number of nitrogens with zero attached hydrogens (tertiary/aromatic N) is 6. The van der Waals surface area contributed by atoms with E-state index in [0.29, 0.717) is 34.7 Å². The Hall–Kier alpha value is -3.55. The molecule has 0 radical (unpaired) electrons. The molecule has 4 aliphatic rings. The second kappa shape index (κ2) is 5.33. The monoisotopic (exact) mass is 398 g/mol. The SMILES string of the molecule is Cc1cncc2ncn(Cc3nc([C@@]45C6[C@H]4[C@H]5CN6c4ccccc4)no3)c(=O)c12. The molecular formula is C22H18N6O2. The normalized spacial score (nSPS) is 28.0. The van der Waals surface area contributed by atoms with E-state index in [2.05, 4.69) is 49.3 Å². The summed E-state index contributed by atoms with van der Waals surface area (Å²) in [4.78, 5) is 28.5. The summed E-state index contributed by atoms with van der Waals surface area (Å²) < 4.78 is 7.07. The number of fused-ring (bicyclic) bond motifs is 2. The molecule has 0 amide bonds. The summed E-state index contributed by atoms with van der Waals surface area (Å²) in [5, 5.41) is 4.88. The molecular weight excluding hydrogens is 380 g/mol. The van der Waals surface area contributed by atoms with E-state index in [9.17, 15) is 4.79 Å². The first kappa shape index (κ1) is 16.3. The lowest BCUT2D eigenvalue weighted by atomic mass is 10.1. The van der Waals surface area contributed by atoms with E-state index < -0.39 is 0 Å². The molecule has 4 fully saturated rings. The zero-order chi connectivity index (χ0) is 20.0. The number of benzene rings is 1. The fraction of sp³-hybridized carbons (Fsp3) is 0.318. The molecule has 5 heterocycles. The Morgan fingerprint density at radius 3 is 2.93 bits per heavy atom. The minimum Gasteiger partial charge on any atom is -0.367 e. The first-order chi connectivity index (χ1) is 14.7. The van der Waals surface area contributed by atoms with Crippen molar-refractivity contribution in [1.82, 2.24) is 24.7 Å². The number of anilines is 1. The smallest absolute Gasteiger partial charge is 0.262 e. The van der Waals surface area contributed by atoms with Gasteiger partial charge in [0.25, 0.3) is 5.56 Å². The van der Waals surface area contributed by atoms with Gasteiger partial charge in [0.15, 0.2) is 5.82 Å². The summed E-state index contributed by atoms with van der Waals surface area (Å²) in [5.74, 6) is 2.47. The van der Waals surface area contributed by atoms with Crippen molar-refractivity contribution >= 4 is 16.6 Å². The third-order valence-corrected chi connectivity index (χ3v) is 7.11. The highest BCUT2D eigenvalue weighted by molar-refractivity contribution is 5.79. The Morgan fingerprint density at radius 1 is 1.23 bits per heavy atom. The number of pyridine rings is 1. The maximum absolute atomic E-state index is 12.9. The van der Waals surface area contributed by atoms with E-state index in [1.54, 1.807) is 12.4 Å². The molecule has 2 aliphatic heterocycles. The predicted molar refractivity (Wildman–Crippen MR) is 108 cm³/mol. The Morgan fingerprint density at radius 2 is 2.10 bits per heavy atom. The van der Waals surface area contributed by atoms with Crippen LogP contribution in [-0.2, 0) is 12.0 Å². The average molecular weight is 398 g/mol. The summed E-state index contributed by atoms with van der Waals surface area (Å²) in [7, 11) is 0. The number of hydrogen-bond acceptors (Lipinski definition) is 7. The number of rotatable bonds is 4. The van der Waals surface area contributed by atoms with E-state index in [-0.39, 0.29) is 17.5 Å². The van der Waals surface area contributed by atoms with Gasteiger partial charge >= 0.3 is 0 Å². The highest BCUT2D eigenvalue weighted by Crippen LogP contribution is 2.85. The highest BCUT2D eigenvalue weighted by Gasteiger charge is 2.95. The number of para-hydroxylation sites is 1. The van der Waals surface area contributed by atoms with Gasteiger partial charge in [-0.2, -0.15) is 4.98 Å². The number of piperidine rings is 1. The molecule has 4 aromatic rings. The van der Waals surface area contributed by atoms with E-state index in [0.717, 1.165) is 17.9 Å². The molecule has 2 aliphatic carbocycles. The molecule has 2 saturated carbocycles. The van der Waals surface area contributed by atoms with Crippen LogP contribution in [0.2, 0.25) is 0 Å². The van der Waals surface area contributed by atoms with E-state index >= 15 is 0 Å². The van der Waals surface area contributed by atoms with Crippen LogP contribution < -0.4 is 10.5 Å². The van der Waals surface area contributed by atoms with E-state index in [1.807, 2.05) is 13.0 Å². The van der Waals surface area contributed by atoms with Gasteiger partial charge in [0, 0.05) is 30.4 Å². The van der Waals surface area contributed by atoms with Crippen LogP contribution in [-0.4, -0.2) is 37.3 Å². The van der Waals surface area contributed by atoms with Gasteiger partial charge < -0.3 is 9.42 Å². The van der Waals surface area contributed by atoms with Gasteiger partial charge in [-0.05, 0) is 30.5 Å². The standard InChI is InChI=1S/C22H18N6O2/c1-12-7-23-8-15-17(12)20(29)27(11-24-15)10-16-25-21(26-30-16)22-14-9-28(19(22)18(14)22)13-5-3-2-4-6-13/h2-8,11,14,18-19H,9-10H2,1H3/t14-,18-,19?,22-/m1/s1. The second-order valence-corrected chi connectivity index (χ2v) is 8.54. The van der Waals surface area contributed by atoms with Crippen molar-refractivity contribution in [3.05, 3.63) is 76.7 Å². The lowest BCUT2D eigenvalue weighted by molar-refractivity contribution is 0.362. The summed E-state index contributed by atoms with van der Waals surface area (Å²) >= 11 is 0. The van der Waals surface area contributed by atoms with Gasteiger partial charge in [0.1, 0.15) is 6.54 Å². The third-order valence-electron chi connectivity index (χ3n) is 7.11. The van der Waals surface area contributed by atoms with E-state index in [1.165, 1.54) is 16.6 Å². The van der Waals surface area contributed by atoms with Crippen LogP contribution in [0, 0.1) is 18.8 Å². The number of hydrogen-bond donors (Lipinski definition) is 0. The summed E-state index contributed by atoms with van der Waals surface area (Å²) in [6.45, 7) is 3.13. The molecule has 0 spiro atoms. The van der Waals surface area contributed by atoms with Gasteiger partial charge in [0.05, 0.1) is 28.8 Å². The first-order valence-electron chi connectivity index (χ1n) is 10.1. The van der Waals surface area contributed by atoms with E-state index in [4.69, 9.17) is 4.52 Å². The Kier molecular flexibility index (Phi) is 2.89. The zero-order valence-corrected chi connectivity index (χ0v) is 16.3. The third kappa shape index (κ3) is 1.89. The first-order valence-corrected chi connectivity index (χ1v) is 10.1. The fourth-order valence-corrected chi connectivity index (χ4v) is 5.63. The molecule has 30 heavy (non-hydrogen) atoms. The quantitative estimate of drug-likeness (QED) is 0.519. The summed E-state index contributed by atoms with van der Waals surface area (Å²) in [6, 6.07) is 11.0. The topological polar surface area (TPSA) is 89.9 Å². The fourth-order valence-electron chi connectivity index (χ4n) is 5.63. The highest BCUT2D eigenvalue weighted by atomic mass is 16.5. The van der Waals surface area contributed by atoms with Crippen molar-refractivity contribution < 1.29 is 4.52 Å². The molecule has 1 unspecified atom stereocenters. The van der Waals surface area contributed by atoms with Gasteiger partial charge in [-0.1, -0.05) is 23.4 Å². The molecule has 3 aromatic heterocycles. The second-order valence-electron chi connectivity index (χ2n) is 8.54. The van der Waals surface area contributed by atoms with Crippen molar-refractivity contribution in [2.75, 3.05) is 11.4 Å². The predicted octanol–water partition coefficient (Wildman–Crippen LogP) is 1.92.